The van der Waals surface area contributed by atoms with Gasteiger partial charge in [-0.05, 0) is 36.4 Å². The summed E-state index contributed by atoms with van der Waals surface area (Å²) >= 11 is 3.50. The summed E-state index contributed by atoms with van der Waals surface area (Å²) in [5.41, 5.74) is 2.25. The Balaban J connectivity index is 2.08. The first-order valence-corrected chi connectivity index (χ1v) is 6.94. The molecule has 0 saturated heterocycles. The number of nitrogens with one attached hydrogen (secondary N) is 1. The van der Waals surface area contributed by atoms with Crippen LogP contribution in [0.25, 0.3) is 10.9 Å². The van der Waals surface area contributed by atoms with Crippen LogP contribution in [-0.2, 0) is 0 Å². The highest BCUT2D eigenvalue weighted by atomic mass is 79.9. The van der Waals surface area contributed by atoms with Gasteiger partial charge in [-0.1, -0.05) is 22.0 Å². The van der Waals surface area contributed by atoms with E-state index in [2.05, 4.69) is 20.9 Å². The maximum Gasteiger partial charge on any atom is 0.195 e. The summed E-state index contributed by atoms with van der Waals surface area (Å²) in [7, 11) is 1.60. The van der Waals surface area contributed by atoms with Crippen LogP contribution in [-0.4, -0.2) is 17.9 Å². The van der Waals surface area contributed by atoms with Crippen molar-refractivity contribution >= 4 is 32.6 Å². The molecule has 1 heterocycles. The molecule has 0 aliphatic rings. The van der Waals surface area contributed by atoms with Crippen molar-refractivity contribution in [1.82, 2.24) is 4.98 Å². The maximum atomic E-state index is 12.6. The second-order valence-electron chi connectivity index (χ2n) is 4.42. The van der Waals surface area contributed by atoms with Crippen LogP contribution in [0.1, 0.15) is 15.9 Å². The number of carbonyl (C=O) groups is 1. The molecular weight excluding hydrogens is 318 g/mol. The van der Waals surface area contributed by atoms with Crippen molar-refractivity contribution in [2.75, 3.05) is 7.11 Å². The Bertz CT molecular complexity index is 775. The molecule has 0 fully saturated rings. The normalized spacial score (nSPS) is 10.7. The Kier molecular flexibility index (Phi) is 3.32. The van der Waals surface area contributed by atoms with Gasteiger partial charge in [-0.15, -0.1) is 0 Å². The number of hydrogen-bond acceptors (Lipinski definition) is 2. The van der Waals surface area contributed by atoms with E-state index in [1.807, 2.05) is 18.2 Å². The molecule has 1 N–H and O–H groups in total. The summed E-state index contributed by atoms with van der Waals surface area (Å²) in [5.74, 6) is 0.729. The van der Waals surface area contributed by atoms with Gasteiger partial charge in [0.25, 0.3) is 0 Å². The molecule has 4 heteroatoms. The van der Waals surface area contributed by atoms with E-state index in [0.29, 0.717) is 11.1 Å². The predicted octanol–water partition coefficient (Wildman–Crippen LogP) is 4.17. The smallest absolute Gasteiger partial charge is 0.195 e. The van der Waals surface area contributed by atoms with Crippen molar-refractivity contribution in [3.63, 3.8) is 0 Å². The summed E-state index contributed by atoms with van der Waals surface area (Å²) in [4.78, 5) is 15.7. The van der Waals surface area contributed by atoms with Gasteiger partial charge in [0.05, 0.1) is 7.11 Å². The molecule has 0 saturated carbocycles. The van der Waals surface area contributed by atoms with Gasteiger partial charge in [0, 0.05) is 32.7 Å². The Morgan fingerprint density at radius 1 is 1.15 bits per heavy atom. The highest BCUT2D eigenvalue weighted by molar-refractivity contribution is 9.10. The molecule has 100 valence electrons. The minimum Gasteiger partial charge on any atom is -0.497 e. The summed E-state index contributed by atoms with van der Waals surface area (Å²) in [6, 6.07) is 12.9. The third kappa shape index (κ3) is 2.12. The molecule has 3 nitrogen and oxygen atoms in total. The lowest BCUT2D eigenvalue weighted by atomic mass is 10.0. The SMILES string of the molecule is COc1ccc(C(=O)c2c[nH]c3cccc(Br)c23)cc1. The number of benzene rings is 2. The third-order valence-electron chi connectivity index (χ3n) is 3.25. The van der Waals surface area contributed by atoms with Crippen LogP contribution in [0, 0.1) is 0 Å². The predicted molar refractivity (Wildman–Crippen MR) is 82.4 cm³/mol. The van der Waals surface area contributed by atoms with Crippen LogP contribution in [0.2, 0.25) is 0 Å². The molecule has 0 amide bonds. The monoisotopic (exact) mass is 329 g/mol. The topological polar surface area (TPSA) is 42.1 Å². The van der Waals surface area contributed by atoms with Gasteiger partial charge in [0.2, 0.25) is 0 Å². The van der Waals surface area contributed by atoms with Gasteiger partial charge in [-0.25, -0.2) is 0 Å². The van der Waals surface area contributed by atoms with Crippen molar-refractivity contribution in [3.05, 3.63) is 64.3 Å². The van der Waals surface area contributed by atoms with Crippen LogP contribution < -0.4 is 4.74 Å². The van der Waals surface area contributed by atoms with Crippen LogP contribution in [0.5, 0.6) is 5.75 Å². The highest BCUT2D eigenvalue weighted by Gasteiger charge is 2.15. The Hall–Kier alpha value is -2.07. The largest absolute Gasteiger partial charge is 0.497 e. The zero-order valence-electron chi connectivity index (χ0n) is 10.8. The summed E-state index contributed by atoms with van der Waals surface area (Å²) < 4.78 is 6.01. The van der Waals surface area contributed by atoms with Gasteiger partial charge in [0.1, 0.15) is 5.75 Å². The first-order valence-electron chi connectivity index (χ1n) is 6.15. The number of aromatic nitrogens is 1. The van der Waals surface area contributed by atoms with Gasteiger partial charge in [-0.3, -0.25) is 4.79 Å². The Morgan fingerprint density at radius 3 is 2.60 bits per heavy atom. The fourth-order valence-electron chi connectivity index (χ4n) is 2.22. The van der Waals surface area contributed by atoms with Crippen LogP contribution in [0.4, 0.5) is 0 Å². The van der Waals surface area contributed by atoms with Crippen LogP contribution in [0.3, 0.4) is 0 Å². The summed E-state index contributed by atoms with van der Waals surface area (Å²) in [6.07, 6.45) is 1.75. The molecule has 3 aromatic rings. The number of aromatic amines is 1. The third-order valence-corrected chi connectivity index (χ3v) is 3.91. The Labute approximate surface area is 124 Å². The lowest BCUT2D eigenvalue weighted by molar-refractivity contribution is 0.104. The van der Waals surface area contributed by atoms with Gasteiger partial charge < -0.3 is 9.72 Å². The van der Waals surface area contributed by atoms with Gasteiger partial charge in [0.15, 0.2) is 5.78 Å². The zero-order chi connectivity index (χ0) is 14.1. The number of ether oxygens (including phenoxy) is 1. The average Bonchev–Trinajstić information content (AvgIpc) is 2.92. The van der Waals surface area contributed by atoms with Crippen molar-refractivity contribution in [2.45, 2.75) is 0 Å². The number of carbonyl (C=O) groups excluding carboxylic acids is 1. The first kappa shape index (κ1) is 12.9. The molecule has 0 aliphatic heterocycles. The lowest BCUT2D eigenvalue weighted by Crippen LogP contribution is -2.00. The molecule has 0 unspecified atom stereocenters. The maximum absolute atomic E-state index is 12.6. The van der Waals surface area contributed by atoms with Crippen molar-refractivity contribution in [3.8, 4) is 5.75 Å². The molecule has 0 spiro atoms. The van der Waals surface area contributed by atoms with Crippen LogP contribution in [0.15, 0.2) is 53.1 Å². The van der Waals surface area contributed by atoms with Gasteiger partial charge in [-0.2, -0.15) is 0 Å². The van der Waals surface area contributed by atoms with E-state index in [0.717, 1.165) is 21.1 Å². The number of ketones is 1. The number of methoxy groups -OCH3 is 1. The second-order valence-corrected chi connectivity index (χ2v) is 5.28. The molecule has 0 bridgehead atoms. The Morgan fingerprint density at radius 2 is 1.90 bits per heavy atom. The molecule has 20 heavy (non-hydrogen) atoms. The highest BCUT2D eigenvalue weighted by Crippen LogP contribution is 2.28. The fourth-order valence-corrected chi connectivity index (χ4v) is 2.80. The second kappa shape index (κ2) is 5.13. The van der Waals surface area contributed by atoms with E-state index in [4.69, 9.17) is 4.74 Å². The van der Waals surface area contributed by atoms with Gasteiger partial charge >= 0.3 is 0 Å². The summed E-state index contributed by atoms with van der Waals surface area (Å²) in [6.45, 7) is 0. The van der Waals surface area contributed by atoms with Crippen LogP contribution >= 0.6 is 15.9 Å². The van der Waals surface area contributed by atoms with Crippen molar-refractivity contribution in [2.24, 2.45) is 0 Å². The van der Waals surface area contributed by atoms with Crippen molar-refractivity contribution in [1.29, 1.82) is 0 Å². The fraction of sp³-hybridized carbons (Fsp3) is 0.0625. The van der Waals surface area contributed by atoms with Crippen molar-refractivity contribution < 1.29 is 9.53 Å². The molecule has 2 aromatic carbocycles. The van der Waals surface area contributed by atoms with E-state index in [-0.39, 0.29) is 5.78 Å². The molecule has 3 rings (SSSR count). The molecule has 0 aliphatic carbocycles. The number of halogens is 1. The van der Waals surface area contributed by atoms with E-state index in [1.165, 1.54) is 0 Å². The van der Waals surface area contributed by atoms with E-state index >= 15 is 0 Å². The number of H-pyrrole nitrogens is 1. The standard InChI is InChI=1S/C16H12BrNO2/c1-20-11-7-5-10(6-8-11)16(19)12-9-18-14-4-2-3-13(17)15(12)14/h2-9,18H,1H3. The summed E-state index contributed by atoms with van der Waals surface area (Å²) in [5, 5.41) is 0.910. The minimum atomic E-state index is -0.00852. The van der Waals surface area contributed by atoms with E-state index in [1.54, 1.807) is 37.6 Å². The van der Waals surface area contributed by atoms with E-state index < -0.39 is 0 Å². The molecule has 1 aromatic heterocycles. The lowest BCUT2D eigenvalue weighted by Gasteiger charge is -2.03. The molecule has 0 atom stereocenters. The first-order chi connectivity index (χ1) is 9.70. The average molecular weight is 330 g/mol. The molecular formula is C16H12BrNO2. The van der Waals surface area contributed by atoms with E-state index in [9.17, 15) is 4.79 Å². The zero-order valence-corrected chi connectivity index (χ0v) is 12.4. The minimum absolute atomic E-state index is 0.00852. The number of fused-ring (bicyclic) bond motifs is 1. The molecule has 0 radical (unpaired) electrons. The quantitative estimate of drug-likeness (QED) is 0.733. The number of hydrogen-bond donors (Lipinski definition) is 1. The number of rotatable bonds is 3.